The van der Waals surface area contributed by atoms with Crippen LogP contribution < -0.4 is 10.8 Å². The predicted octanol–water partition coefficient (Wildman–Crippen LogP) is 2.77. The van der Waals surface area contributed by atoms with Gasteiger partial charge in [0.25, 0.3) is 5.91 Å². The van der Waals surface area contributed by atoms with Gasteiger partial charge in [-0.05, 0) is 37.9 Å². The summed E-state index contributed by atoms with van der Waals surface area (Å²) in [6.45, 7) is 5.67. The first-order valence-electron chi connectivity index (χ1n) is 6.35. The second-order valence-electron chi connectivity index (χ2n) is 5.16. The molecule has 0 aliphatic rings. The van der Waals surface area contributed by atoms with Gasteiger partial charge >= 0.3 is 0 Å². The molecule has 106 valence electrons. The Labute approximate surface area is 118 Å². The van der Waals surface area contributed by atoms with E-state index in [1.807, 2.05) is 31.2 Å². The van der Waals surface area contributed by atoms with Gasteiger partial charge in [-0.1, -0.05) is 29.8 Å². The van der Waals surface area contributed by atoms with Crippen molar-refractivity contribution in [1.82, 2.24) is 5.32 Å². The average molecular weight is 291 g/mol. The highest BCUT2D eigenvalue weighted by molar-refractivity contribution is 7.69. The number of amides is 1. The smallest absolute Gasteiger partial charge is 0.287 e. The summed E-state index contributed by atoms with van der Waals surface area (Å²) < 4.78 is 17.2. The standard InChI is InChI=1S/C15H18NO3P/c1-11-4-6-12(7-5-11)10-16-15(17)13-8-9-14(19-13)20(2,3)18/h4-9H,10H2,1-3H3,(H,16,17). The Balaban J connectivity index is 2.00. The summed E-state index contributed by atoms with van der Waals surface area (Å²) in [6.07, 6.45) is 0. The Morgan fingerprint density at radius 2 is 1.80 bits per heavy atom. The fraction of sp³-hybridized carbons (Fsp3) is 0.267. The molecule has 0 radical (unpaired) electrons. The van der Waals surface area contributed by atoms with Crippen LogP contribution in [0.25, 0.3) is 0 Å². The monoisotopic (exact) mass is 291 g/mol. The predicted molar refractivity (Wildman–Crippen MR) is 80.1 cm³/mol. The van der Waals surface area contributed by atoms with Gasteiger partial charge < -0.3 is 14.3 Å². The number of furan rings is 1. The average Bonchev–Trinajstić information content (AvgIpc) is 2.87. The van der Waals surface area contributed by atoms with Crippen molar-refractivity contribution in [3.63, 3.8) is 0 Å². The lowest BCUT2D eigenvalue weighted by Gasteiger charge is -2.04. The largest absolute Gasteiger partial charge is 0.448 e. The first-order chi connectivity index (χ1) is 9.36. The maximum atomic E-state index is 11.9. The van der Waals surface area contributed by atoms with Gasteiger partial charge in [-0.25, -0.2) is 0 Å². The van der Waals surface area contributed by atoms with E-state index in [9.17, 15) is 9.36 Å². The van der Waals surface area contributed by atoms with Crippen molar-refractivity contribution < 1.29 is 13.8 Å². The third-order valence-corrected chi connectivity index (χ3v) is 4.22. The molecule has 2 aromatic rings. The Hall–Kier alpha value is -1.80. The van der Waals surface area contributed by atoms with E-state index in [4.69, 9.17) is 4.42 Å². The van der Waals surface area contributed by atoms with Crippen molar-refractivity contribution in [3.05, 3.63) is 53.3 Å². The van der Waals surface area contributed by atoms with E-state index in [0.717, 1.165) is 5.56 Å². The third kappa shape index (κ3) is 3.61. The molecule has 1 amide bonds. The molecule has 1 heterocycles. The maximum absolute atomic E-state index is 11.9. The SMILES string of the molecule is Cc1ccc(CNC(=O)c2ccc(P(C)(C)=O)o2)cc1. The lowest BCUT2D eigenvalue weighted by atomic mass is 10.1. The molecule has 0 saturated heterocycles. The molecule has 0 aliphatic carbocycles. The summed E-state index contributed by atoms with van der Waals surface area (Å²) in [4.78, 5) is 11.9. The van der Waals surface area contributed by atoms with E-state index in [1.54, 1.807) is 25.5 Å². The number of carbonyl (C=O) groups is 1. The van der Waals surface area contributed by atoms with Crippen molar-refractivity contribution in [1.29, 1.82) is 0 Å². The first-order valence-corrected chi connectivity index (χ1v) is 8.95. The van der Waals surface area contributed by atoms with E-state index >= 15 is 0 Å². The molecule has 0 unspecified atom stereocenters. The molecule has 0 atom stereocenters. The summed E-state index contributed by atoms with van der Waals surface area (Å²) in [5.74, 6) is -0.110. The zero-order valence-electron chi connectivity index (χ0n) is 11.8. The molecule has 20 heavy (non-hydrogen) atoms. The van der Waals surface area contributed by atoms with Gasteiger partial charge in [0, 0.05) is 6.54 Å². The second kappa shape index (κ2) is 5.68. The van der Waals surface area contributed by atoms with E-state index in [0.29, 0.717) is 12.0 Å². The van der Waals surface area contributed by atoms with Crippen LogP contribution in [0.5, 0.6) is 0 Å². The molecular formula is C15H18NO3P. The molecule has 1 N–H and O–H groups in total. The molecule has 4 nitrogen and oxygen atoms in total. The zero-order chi connectivity index (χ0) is 14.8. The molecule has 1 aromatic heterocycles. The lowest BCUT2D eigenvalue weighted by molar-refractivity contribution is 0.0925. The minimum Gasteiger partial charge on any atom is -0.448 e. The van der Waals surface area contributed by atoms with Crippen LogP contribution in [0.15, 0.2) is 40.8 Å². The minimum atomic E-state index is -2.47. The van der Waals surface area contributed by atoms with Crippen LogP contribution in [0.4, 0.5) is 0 Å². The van der Waals surface area contributed by atoms with E-state index in [2.05, 4.69) is 5.32 Å². The maximum Gasteiger partial charge on any atom is 0.287 e. The van der Waals surface area contributed by atoms with Crippen molar-refractivity contribution in [2.45, 2.75) is 13.5 Å². The van der Waals surface area contributed by atoms with Gasteiger partial charge in [0.1, 0.15) is 7.14 Å². The van der Waals surface area contributed by atoms with Crippen molar-refractivity contribution in [3.8, 4) is 0 Å². The molecule has 0 bridgehead atoms. The van der Waals surface area contributed by atoms with Crippen LogP contribution >= 0.6 is 7.14 Å². The van der Waals surface area contributed by atoms with Gasteiger partial charge in [0.05, 0.1) is 0 Å². The quantitative estimate of drug-likeness (QED) is 0.881. The van der Waals surface area contributed by atoms with Gasteiger partial charge in [-0.15, -0.1) is 0 Å². The van der Waals surface area contributed by atoms with Crippen LogP contribution in [-0.2, 0) is 11.1 Å². The van der Waals surface area contributed by atoms with E-state index in [1.165, 1.54) is 5.56 Å². The summed E-state index contributed by atoms with van der Waals surface area (Å²) in [6, 6.07) is 11.1. The van der Waals surface area contributed by atoms with Crippen LogP contribution in [-0.4, -0.2) is 19.2 Å². The summed E-state index contributed by atoms with van der Waals surface area (Å²) in [5, 5.41) is 2.78. The van der Waals surface area contributed by atoms with Crippen LogP contribution in [0.1, 0.15) is 21.7 Å². The topological polar surface area (TPSA) is 59.3 Å². The van der Waals surface area contributed by atoms with Crippen LogP contribution in [0.3, 0.4) is 0 Å². The summed E-state index contributed by atoms with van der Waals surface area (Å²) in [5.41, 5.74) is 2.57. The highest BCUT2D eigenvalue weighted by Gasteiger charge is 2.18. The summed E-state index contributed by atoms with van der Waals surface area (Å²) >= 11 is 0. The second-order valence-corrected chi connectivity index (χ2v) is 8.30. The fourth-order valence-electron chi connectivity index (χ4n) is 1.71. The number of aryl methyl sites for hydroxylation is 1. The van der Waals surface area contributed by atoms with Crippen LogP contribution in [0.2, 0.25) is 0 Å². The molecule has 5 heteroatoms. The molecule has 0 aliphatic heterocycles. The highest BCUT2D eigenvalue weighted by Crippen LogP contribution is 2.35. The number of hydrogen-bond donors (Lipinski definition) is 1. The molecule has 0 spiro atoms. The Bertz CT molecular complexity index is 652. The van der Waals surface area contributed by atoms with Gasteiger partial charge in [0.15, 0.2) is 11.3 Å². The molecule has 1 aromatic carbocycles. The number of nitrogens with one attached hydrogen (secondary N) is 1. The number of carbonyl (C=O) groups excluding carboxylic acids is 1. The van der Waals surface area contributed by atoms with Gasteiger partial charge in [0.2, 0.25) is 0 Å². The summed E-state index contributed by atoms with van der Waals surface area (Å²) in [7, 11) is -2.47. The van der Waals surface area contributed by atoms with Crippen molar-refractivity contribution in [2.24, 2.45) is 0 Å². The van der Waals surface area contributed by atoms with Crippen LogP contribution in [0, 0.1) is 6.92 Å². The molecule has 0 fully saturated rings. The first kappa shape index (κ1) is 14.6. The number of benzene rings is 1. The normalized spacial score (nSPS) is 11.3. The lowest BCUT2D eigenvalue weighted by Crippen LogP contribution is -2.22. The van der Waals surface area contributed by atoms with Gasteiger partial charge in [-0.3, -0.25) is 4.79 Å². The van der Waals surface area contributed by atoms with Gasteiger partial charge in [-0.2, -0.15) is 0 Å². The van der Waals surface area contributed by atoms with Crippen molar-refractivity contribution in [2.75, 3.05) is 13.3 Å². The van der Waals surface area contributed by atoms with E-state index in [-0.39, 0.29) is 11.7 Å². The zero-order valence-corrected chi connectivity index (χ0v) is 12.7. The fourth-order valence-corrected chi connectivity index (χ4v) is 2.47. The van der Waals surface area contributed by atoms with Crippen molar-refractivity contribution >= 4 is 18.6 Å². The Morgan fingerprint density at radius 3 is 2.35 bits per heavy atom. The Kier molecular flexibility index (Phi) is 4.15. The Morgan fingerprint density at radius 1 is 1.15 bits per heavy atom. The highest BCUT2D eigenvalue weighted by atomic mass is 31.2. The molecular weight excluding hydrogens is 273 g/mol. The number of hydrogen-bond acceptors (Lipinski definition) is 3. The molecule has 2 rings (SSSR count). The van der Waals surface area contributed by atoms with E-state index < -0.39 is 7.14 Å². The number of rotatable bonds is 4. The minimum absolute atomic E-state index is 0.191. The third-order valence-electron chi connectivity index (χ3n) is 2.92. The molecule has 0 saturated carbocycles.